The van der Waals surface area contributed by atoms with E-state index in [0.717, 1.165) is 10.0 Å². The van der Waals surface area contributed by atoms with E-state index in [0.29, 0.717) is 19.5 Å². The van der Waals surface area contributed by atoms with Crippen molar-refractivity contribution < 1.29 is 15.0 Å². The largest absolute Gasteiger partial charge is 0.481 e. The number of rotatable bonds is 7. The fraction of sp³-hybridized carbons (Fsp3) is 0.462. The molecule has 4 nitrogen and oxygen atoms in total. The number of benzene rings is 1. The fourth-order valence-electron chi connectivity index (χ4n) is 1.59. The second-order valence-corrected chi connectivity index (χ2v) is 5.22. The van der Waals surface area contributed by atoms with Crippen LogP contribution in [-0.4, -0.2) is 41.2 Å². The van der Waals surface area contributed by atoms with Gasteiger partial charge in [-0.1, -0.05) is 28.1 Å². The number of aliphatic hydroxyl groups excluding tert-OH is 1. The van der Waals surface area contributed by atoms with Gasteiger partial charge in [0.2, 0.25) is 0 Å². The number of aliphatic hydroxyl groups is 1. The van der Waals surface area contributed by atoms with Crippen LogP contribution >= 0.6 is 15.9 Å². The molecular formula is C13H18BrNO3. The van der Waals surface area contributed by atoms with Gasteiger partial charge < -0.3 is 15.1 Å². The summed E-state index contributed by atoms with van der Waals surface area (Å²) in [6.07, 6.45) is 0.216. The van der Waals surface area contributed by atoms with E-state index in [-0.39, 0.29) is 6.42 Å². The van der Waals surface area contributed by atoms with E-state index in [4.69, 9.17) is 5.11 Å². The summed E-state index contributed by atoms with van der Waals surface area (Å²) < 4.78 is 0.983. The maximum atomic E-state index is 10.4. The highest BCUT2D eigenvalue weighted by molar-refractivity contribution is 9.10. The summed E-state index contributed by atoms with van der Waals surface area (Å²) in [5.41, 5.74) is 0.879. The van der Waals surface area contributed by atoms with E-state index < -0.39 is 12.1 Å². The molecular weight excluding hydrogens is 298 g/mol. The van der Waals surface area contributed by atoms with Gasteiger partial charge in [-0.05, 0) is 31.2 Å². The van der Waals surface area contributed by atoms with Crippen molar-refractivity contribution >= 4 is 21.9 Å². The van der Waals surface area contributed by atoms with E-state index in [9.17, 15) is 9.90 Å². The summed E-state index contributed by atoms with van der Waals surface area (Å²) in [7, 11) is 1.86. The van der Waals surface area contributed by atoms with Gasteiger partial charge >= 0.3 is 5.97 Å². The maximum absolute atomic E-state index is 10.4. The topological polar surface area (TPSA) is 60.8 Å². The lowest BCUT2D eigenvalue weighted by molar-refractivity contribution is -0.137. The number of carbonyl (C=O) groups is 1. The molecule has 1 atom stereocenters. The molecule has 0 aromatic heterocycles. The molecule has 0 saturated carbocycles. The fourth-order valence-corrected chi connectivity index (χ4v) is 1.86. The van der Waals surface area contributed by atoms with Crippen LogP contribution in [0.3, 0.4) is 0 Å². The van der Waals surface area contributed by atoms with Crippen molar-refractivity contribution in [1.29, 1.82) is 0 Å². The highest BCUT2D eigenvalue weighted by Gasteiger charge is 2.09. The zero-order valence-corrected chi connectivity index (χ0v) is 11.9. The first-order valence-electron chi connectivity index (χ1n) is 5.83. The Morgan fingerprint density at radius 2 is 1.94 bits per heavy atom. The lowest BCUT2D eigenvalue weighted by Gasteiger charge is -2.18. The predicted molar refractivity (Wildman–Crippen MR) is 73.5 cm³/mol. The molecule has 0 aliphatic carbocycles. The molecule has 18 heavy (non-hydrogen) atoms. The summed E-state index contributed by atoms with van der Waals surface area (Å²) in [5, 5.41) is 18.5. The lowest BCUT2D eigenvalue weighted by Crippen LogP contribution is -2.24. The van der Waals surface area contributed by atoms with Gasteiger partial charge in [-0.2, -0.15) is 0 Å². The number of hydrogen-bond donors (Lipinski definition) is 2. The highest BCUT2D eigenvalue weighted by Crippen LogP contribution is 2.19. The predicted octanol–water partition coefficient (Wildman–Crippen LogP) is 2.28. The van der Waals surface area contributed by atoms with E-state index in [1.807, 2.05) is 36.2 Å². The molecule has 0 amide bonds. The number of nitrogens with zero attached hydrogens (tertiary/aromatic N) is 1. The Morgan fingerprint density at radius 3 is 2.50 bits per heavy atom. The van der Waals surface area contributed by atoms with Crippen LogP contribution in [0, 0.1) is 0 Å². The number of halogens is 1. The third-order valence-corrected chi connectivity index (χ3v) is 3.28. The van der Waals surface area contributed by atoms with E-state index in [1.54, 1.807) is 0 Å². The van der Waals surface area contributed by atoms with Crippen molar-refractivity contribution in [3.8, 4) is 0 Å². The first kappa shape index (κ1) is 15.1. The van der Waals surface area contributed by atoms with Gasteiger partial charge in [-0.15, -0.1) is 0 Å². The molecule has 0 spiro atoms. The van der Waals surface area contributed by atoms with Crippen LogP contribution in [0.4, 0.5) is 0 Å². The first-order valence-corrected chi connectivity index (χ1v) is 6.62. The van der Waals surface area contributed by atoms with Crippen molar-refractivity contribution in [2.24, 2.45) is 0 Å². The standard InChI is InChI=1S/C13H18BrNO3/c1-15(9-7-13(17)18)8-6-12(16)10-2-4-11(14)5-3-10/h2-5,12,16H,6-9H2,1H3,(H,17,18). The number of carboxylic acid groups (broad SMARTS) is 1. The van der Waals surface area contributed by atoms with Crippen LogP contribution in [0.2, 0.25) is 0 Å². The molecule has 1 aromatic rings. The van der Waals surface area contributed by atoms with E-state index in [2.05, 4.69) is 15.9 Å². The van der Waals surface area contributed by atoms with E-state index >= 15 is 0 Å². The zero-order chi connectivity index (χ0) is 13.5. The van der Waals surface area contributed by atoms with Gasteiger partial charge in [0, 0.05) is 17.6 Å². The van der Waals surface area contributed by atoms with Crippen LogP contribution in [0.25, 0.3) is 0 Å². The smallest absolute Gasteiger partial charge is 0.304 e. The summed E-state index contributed by atoms with van der Waals surface area (Å²) in [4.78, 5) is 12.3. The van der Waals surface area contributed by atoms with Crippen LogP contribution < -0.4 is 0 Å². The molecule has 2 N–H and O–H groups in total. The molecule has 5 heteroatoms. The van der Waals surface area contributed by atoms with Crippen LogP contribution in [0.1, 0.15) is 24.5 Å². The summed E-state index contributed by atoms with van der Waals surface area (Å²) in [5.74, 6) is -0.796. The summed E-state index contributed by atoms with van der Waals surface area (Å²) >= 11 is 3.35. The highest BCUT2D eigenvalue weighted by atomic mass is 79.9. The average Bonchev–Trinajstić information content (AvgIpc) is 2.34. The molecule has 0 bridgehead atoms. The van der Waals surface area contributed by atoms with Crippen molar-refractivity contribution in [2.75, 3.05) is 20.1 Å². The van der Waals surface area contributed by atoms with Crippen LogP contribution in [0.5, 0.6) is 0 Å². The lowest BCUT2D eigenvalue weighted by atomic mass is 10.1. The minimum Gasteiger partial charge on any atom is -0.481 e. The maximum Gasteiger partial charge on any atom is 0.304 e. The second-order valence-electron chi connectivity index (χ2n) is 4.30. The number of hydrogen-bond acceptors (Lipinski definition) is 3. The molecule has 100 valence electrons. The van der Waals surface area contributed by atoms with Gasteiger partial charge in [-0.25, -0.2) is 0 Å². The molecule has 0 aliphatic heterocycles. The average molecular weight is 316 g/mol. The zero-order valence-electron chi connectivity index (χ0n) is 10.3. The number of carboxylic acids is 1. The van der Waals surface area contributed by atoms with Gasteiger partial charge in [0.15, 0.2) is 0 Å². The van der Waals surface area contributed by atoms with Crippen molar-refractivity contribution in [1.82, 2.24) is 4.90 Å². The Labute approximate surface area is 115 Å². The molecule has 1 unspecified atom stereocenters. The van der Waals surface area contributed by atoms with Gasteiger partial charge in [0.25, 0.3) is 0 Å². The Kier molecular flexibility index (Phi) is 6.32. The van der Waals surface area contributed by atoms with Crippen molar-refractivity contribution in [3.63, 3.8) is 0 Å². The van der Waals surface area contributed by atoms with Crippen molar-refractivity contribution in [2.45, 2.75) is 18.9 Å². The molecule has 0 saturated heterocycles. The first-order chi connectivity index (χ1) is 8.49. The van der Waals surface area contributed by atoms with Crippen LogP contribution in [-0.2, 0) is 4.79 Å². The third kappa shape index (κ3) is 5.62. The van der Waals surface area contributed by atoms with Crippen molar-refractivity contribution in [3.05, 3.63) is 34.3 Å². The Morgan fingerprint density at radius 1 is 1.33 bits per heavy atom. The van der Waals surface area contributed by atoms with Gasteiger partial charge in [0.1, 0.15) is 0 Å². The van der Waals surface area contributed by atoms with Gasteiger partial charge in [0.05, 0.1) is 12.5 Å². The Hall–Kier alpha value is -0.910. The second kappa shape index (κ2) is 7.51. The minimum atomic E-state index is -0.796. The summed E-state index contributed by atoms with van der Waals surface area (Å²) in [6, 6.07) is 7.55. The van der Waals surface area contributed by atoms with E-state index in [1.165, 1.54) is 0 Å². The molecule has 1 rings (SSSR count). The molecule has 1 aromatic carbocycles. The third-order valence-electron chi connectivity index (χ3n) is 2.75. The normalized spacial score (nSPS) is 12.7. The molecule has 0 radical (unpaired) electrons. The Bertz CT molecular complexity index is 380. The Balaban J connectivity index is 2.34. The molecule has 0 fully saturated rings. The monoisotopic (exact) mass is 315 g/mol. The van der Waals surface area contributed by atoms with Gasteiger partial charge in [-0.3, -0.25) is 4.79 Å². The quantitative estimate of drug-likeness (QED) is 0.810. The SMILES string of the molecule is CN(CCC(=O)O)CCC(O)c1ccc(Br)cc1. The minimum absolute atomic E-state index is 0.130. The summed E-state index contributed by atoms with van der Waals surface area (Å²) in [6.45, 7) is 1.17. The number of aliphatic carboxylic acids is 1. The van der Waals surface area contributed by atoms with Crippen LogP contribution in [0.15, 0.2) is 28.7 Å². The molecule has 0 heterocycles. The molecule has 0 aliphatic rings.